The monoisotopic (exact) mass is 479 g/mol. The van der Waals surface area contributed by atoms with Gasteiger partial charge in [0.15, 0.2) is 24.4 Å². The molecule has 0 saturated carbocycles. The lowest BCUT2D eigenvalue weighted by Gasteiger charge is -2.43. The standard InChI is InChI=1S/C21H21NO12/c1-9(23)30-14-15(31-10(2)24)17(32-11(3)25)21(33-16(14)20(28)29-4)34-22-18(26)12-7-5-6-8-13(12)19(22)27/h5-8,14-17,21H,1-4H3/t14-,15-,16-,17+,21+/m0/s1. The van der Waals surface area contributed by atoms with Gasteiger partial charge in [-0.2, -0.15) is 0 Å². The minimum absolute atomic E-state index is 0.0474. The van der Waals surface area contributed by atoms with Crippen LogP contribution in [0.15, 0.2) is 24.3 Å². The molecule has 0 spiro atoms. The quantitative estimate of drug-likeness (QED) is 0.303. The van der Waals surface area contributed by atoms with E-state index in [0.717, 1.165) is 27.9 Å². The van der Waals surface area contributed by atoms with E-state index in [9.17, 15) is 28.8 Å². The Morgan fingerprint density at radius 1 is 0.794 bits per heavy atom. The number of ether oxygens (including phenoxy) is 5. The van der Waals surface area contributed by atoms with Crippen molar-refractivity contribution in [2.75, 3.05) is 7.11 Å². The highest BCUT2D eigenvalue weighted by molar-refractivity contribution is 6.20. The summed E-state index contributed by atoms with van der Waals surface area (Å²) in [6, 6.07) is 5.89. The number of hydrogen-bond donors (Lipinski definition) is 0. The zero-order chi connectivity index (χ0) is 25.2. The van der Waals surface area contributed by atoms with Gasteiger partial charge in [-0.25, -0.2) is 9.63 Å². The van der Waals surface area contributed by atoms with Crippen LogP contribution in [0.25, 0.3) is 0 Å². The van der Waals surface area contributed by atoms with Crippen LogP contribution in [0.4, 0.5) is 0 Å². The molecule has 1 aromatic carbocycles. The smallest absolute Gasteiger partial charge is 0.339 e. The number of benzene rings is 1. The second-order valence-electron chi connectivity index (χ2n) is 7.23. The highest BCUT2D eigenvalue weighted by Crippen LogP contribution is 2.32. The Labute approximate surface area is 192 Å². The van der Waals surface area contributed by atoms with Crippen LogP contribution in [0, 0.1) is 0 Å². The summed E-state index contributed by atoms with van der Waals surface area (Å²) in [5, 5.41) is 0.372. The molecule has 5 atom stereocenters. The summed E-state index contributed by atoms with van der Waals surface area (Å²) in [5.74, 6) is -5.39. The average molecular weight is 479 g/mol. The second kappa shape index (κ2) is 9.97. The highest BCUT2D eigenvalue weighted by Gasteiger charge is 2.57. The van der Waals surface area contributed by atoms with Crippen LogP contribution in [0.1, 0.15) is 41.5 Å². The topological polar surface area (TPSA) is 161 Å². The van der Waals surface area contributed by atoms with Crippen LogP contribution in [0.2, 0.25) is 0 Å². The third-order valence-electron chi connectivity index (χ3n) is 4.80. The van der Waals surface area contributed by atoms with Crippen molar-refractivity contribution in [1.29, 1.82) is 0 Å². The van der Waals surface area contributed by atoms with Gasteiger partial charge in [0, 0.05) is 20.8 Å². The molecule has 1 fully saturated rings. The van der Waals surface area contributed by atoms with Gasteiger partial charge >= 0.3 is 23.9 Å². The molecule has 13 heteroatoms. The summed E-state index contributed by atoms with van der Waals surface area (Å²) in [6.07, 6.45) is -8.45. The van der Waals surface area contributed by atoms with Crippen molar-refractivity contribution in [3.05, 3.63) is 35.4 Å². The SMILES string of the molecule is COC(=O)[C@H]1O[C@H](ON2C(=O)c3ccccc3C2=O)[C@H](OC(C)=O)[C@@H](OC(C)=O)[C@@H]1OC(C)=O. The van der Waals surface area contributed by atoms with E-state index < -0.39 is 66.4 Å². The molecule has 0 aliphatic carbocycles. The van der Waals surface area contributed by atoms with Gasteiger partial charge < -0.3 is 23.7 Å². The van der Waals surface area contributed by atoms with Gasteiger partial charge in [0.2, 0.25) is 6.29 Å². The molecule has 0 bridgehead atoms. The molecular weight excluding hydrogens is 458 g/mol. The van der Waals surface area contributed by atoms with E-state index in [1.54, 1.807) is 12.1 Å². The highest BCUT2D eigenvalue weighted by atomic mass is 16.8. The van der Waals surface area contributed by atoms with Crippen molar-refractivity contribution >= 4 is 35.7 Å². The number of carbonyl (C=O) groups excluding carboxylic acids is 6. The van der Waals surface area contributed by atoms with Gasteiger partial charge in [0.1, 0.15) is 0 Å². The van der Waals surface area contributed by atoms with E-state index in [1.165, 1.54) is 12.1 Å². The van der Waals surface area contributed by atoms with Crippen LogP contribution in [0.3, 0.4) is 0 Å². The van der Waals surface area contributed by atoms with E-state index in [2.05, 4.69) is 4.74 Å². The summed E-state index contributed by atoms with van der Waals surface area (Å²) >= 11 is 0. The molecule has 0 radical (unpaired) electrons. The van der Waals surface area contributed by atoms with Crippen LogP contribution in [0.5, 0.6) is 0 Å². The molecule has 0 aromatic heterocycles. The van der Waals surface area contributed by atoms with Gasteiger partial charge in [-0.05, 0) is 12.1 Å². The van der Waals surface area contributed by atoms with Crippen molar-refractivity contribution < 1.29 is 57.3 Å². The van der Waals surface area contributed by atoms with Crippen molar-refractivity contribution in [2.24, 2.45) is 0 Å². The number of fused-ring (bicyclic) bond motifs is 1. The van der Waals surface area contributed by atoms with Gasteiger partial charge in [0.25, 0.3) is 11.8 Å². The fourth-order valence-corrected chi connectivity index (χ4v) is 3.53. The summed E-state index contributed by atoms with van der Waals surface area (Å²) < 4.78 is 25.7. The van der Waals surface area contributed by atoms with E-state index in [-0.39, 0.29) is 11.1 Å². The van der Waals surface area contributed by atoms with Crippen molar-refractivity contribution in [3.63, 3.8) is 0 Å². The number of hydrogen-bond acceptors (Lipinski definition) is 12. The number of esters is 4. The first-order valence-corrected chi connectivity index (χ1v) is 9.94. The minimum Gasteiger partial charge on any atom is -0.467 e. The number of carbonyl (C=O) groups is 6. The number of rotatable bonds is 6. The Hall–Kier alpha value is -3.84. The Kier molecular flexibility index (Phi) is 7.27. The van der Waals surface area contributed by atoms with Gasteiger partial charge in [-0.1, -0.05) is 12.1 Å². The van der Waals surface area contributed by atoms with Crippen LogP contribution in [-0.4, -0.2) is 78.6 Å². The first-order valence-electron chi connectivity index (χ1n) is 9.94. The number of amides is 2. The first-order chi connectivity index (χ1) is 16.0. The van der Waals surface area contributed by atoms with E-state index in [4.69, 9.17) is 23.8 Å². The molecule has 182 valence electrons. The number of nitrogens with zero attached hydrogens (tertiary/aromatic N) is 1. The Morgan fingerprint density at radius 3 is 1.74 bits per heavy atom. The maximum atomic E-state index is 12.7. The molecule has 0 N–H and O–H groups in total. The number of hydroxylamine groups is 2. The summed E-state index contributed by atoms with van der Waals surface area (Å²) in [7, 11) is 1.02. The number of methoxy groups -OCH3 is 1. The second-order valence-corrected chi connectivity index (χ2v) is 7.23. The molecule has 1 saturated heterocycles. The molecule has 0 unspecified atom stereocenters. The fraction of sp³-hybridized carbons (Fsp3) is 0.429. The van der Waals surface area contributed by atoms with Crippen molar-refractivity contribution in [3.8, 4) is 0 Å². The largest absolute Gasteiger partial charge is 0.467 e. The molecule has 2 aliphatic heterocycles. The van der Waals surface area contributed by atoms with Gasteiger partial charge in [-0.3, -0.25) is 24.0 Å². The fourth-order valence-electron chi connectivity index (χ4n) is 3.53. The lowest BCUT2D eigenvalue weighted by molar-refractivity contribution is -0.334. The average Bonchev–Trinajstić information content (AvgIpc) is 3.01. The van der Waals surface area contributed by atoms with Crippen molar-refractivity contribution in [2.45, 2.75) is 51.5 Å². The summed E-state index contributed by atoms with van der Waals surface area (Å²) in [5.41, 5.74) is 0.0948. The maximum Gasteiger partial charge on any atom is 0.339 e. The summed E-state index contributed by atoms with van der Waals surface area (Å²) in [4.78, 5) is 78.6. The van der Waals surface area contributed by atoms with Crippen molar-refractivity contribution in [1.82, 2.24) is 5.06 Å². The Morgan fingerprint density at radius 2 is 1.26 bits per heavy atom. The molecule has 34 heavy (non-hydrogen) atoms. The molecule has 2 amide bonds. The molecule has 2 aliphatic rings. The third-order valence-corrected chi connectivity index (χ3v) is 4.80. The lowest BCUT2D eigenvalue weighted by Crippen LogP contribution is -2.64. The molecule has 3 rings (SSSR count). The van der Waals surface area contributed by atoms with Gasteiger partial charge in [0.05, 0.1) is 18.2 Å². The first kappa shape index (κ1) is 24.8. The normalized spacial score (nSPS) is 25.9. The Bertz CT molecular complexity index is 1000. The molecule has 1 aromatic rings. The zero-order valence-electron chi connectivity index (χ0n) is 18.5. The molecule has 13 nitrogen and oxygen atoms in total. The van der Waals surface area contributed by atoms with E-state index >= 15 is 0 Å². The number of imide groups is 1. The Balaban J connectivity index is 2.01. The van der Waals surface area contributed by atoms with E-state index in [0.29, 0.717) is 5.06 Å². The van der Waals surface area contributed by atoms with Crippen LogP contribution >= 0.6 is 0 Å². The van der Waals surface area contributed by atoms with Crippen LogP contribution < -0.4 is 0 Å². The van der Waals surface area contributed by atoms with E-state index in [1.807, 2.05) is 0 Å². The molecular formula is C21H21NO12. The van der Waals surface area contributed by atoms with Gasteiger partial charge in [-0.15, -0.1) is 5.06 Å². The third kappa shape index (κ3) is 4.89. The molecule has 2 heterocycles. The maximum absolute atomic E-state index is 12.7. The minimum atomic E-state index is -1.83. The predicted octanol–water partition coefficient (Wildman–Crippen LogP) is -0.0928. The zero-order valence-corrected chi connectivity index (χ0v) is 18.5. The summed E-state index contributed by atoms with van der Waals surface area (Å²) in [6.45, 7) is 3.08. The lowest BCUT2D eigenvalue weighted by atomic mass is 9.98. The predicted molar refractivity (Wildman–Crippen MR) is 105 cm³/mol. The van der Waals surface area contributed by atoms with Crippen LogP contribution in [-0.2, 0) is 47.7 Å².